The molecule has 0 aromatic heterocycles. The fourth-order valence-corrected chi connectivity index (χ4v) is 1.34. The fraction of sp³-hybridized carbons (Fsp3) is 0.667. The van der Waals surface area contributed by atoms with E-state index in [2.05, 4.69) is 0 Å². The minimum absolute atomic E-state index is 0.166. The molecule has 0 amide bonds. The van der Waals surface area contributed by atoms with Crippen LogP contribution < -0.4 is 0 Å². The number of ether oxygens (including phenoxy) is 2. The summed E-state index contributed by atoms with van der Waals surface area (Å²) in [6.45, 7) is 0.507. The third kappa shape index (κ3) is 1.93. The van der Waals surface area contributed by atoms with Crippen molar-refractivity contribution in [3.8, 4) is 0 Å². The zero-order valence-electron chi connectivity index (χ0n) is 7.50. The van der Waals surface area contributed by atoms with Crippen LogP contribution in [0.25, 0.3) is 0 Å². The molecule has 0 bridgehead atoms. The third-order valence-corrected chi connectivity index (χ3v) is 2.16. The summed E-state index contributed by atoms with van der Waals surface area (Å²) in [5.74, 6) is 0.166. The van der Waals surface area contributed by atoms with E-state index in [0.29, 0.717) is 19.4 Å². The van der Waals surface area contributed by atoms with Crippen molar-refractivity contribution in [3.63, 3.8) is 0 Å². The standard InChI is InChI=1S/C9H14O3/c1-11-7-9(12-2)5-3-8(10)4-6-9/h3,5H,4,6-7H2,1-2H3. The predicted octanol–water partition coefficient (Wildman–Crippen LogP) is 0.937. The molecular weight excluding hydrogens is 156 g/mol. The Bertz CT molecular complexity index is 198. The van der Waals surface area contributed by atoms with Crippen LogP contribution in [0.4, 0.5) is 0 Å². The largest absolute Gasteiger partial charge is 0.381 e. The zero-order valence-corrected chi connectivity index (χ0v) is 7.50. The molecule has 0 saturated carbocycles. The molecule has 1 unspecified atom stereocenters. The van der Waals surface area contributed by atoms with Gasteiger partial charge in [0.1, 0.15) is 5.60 Å². The molecule has 0 aliphatic heterocycles. The predicted molar refractivity (Wildman–Crippen MR) is 45.0 cm³/mol. The topological polar surface area (TPSA) is 35.5 Å². The van der Waals surface area contributed by atoms with Crippen molar-refractivity contribution >= 4 is 5.78 Å². The number of carbonyl (C=O) groups excluding carboxylic acids is 1. The molecule has 0 radical (unpaired) electrons. The minimum atomic E-state index is -0.372. The zero-order chi connectivity index (χ0) is 9.03. The van der Waals surface area contributed by atoms with E-state index in [1.807, 2.05) is 0 Å². The summed E-state index contributed by atoms with van der Waals surface area (Å²) in [7, 11) is 3.27. The lowest BCUT2D eigenvalue weighted by molar-refractivity contribution is -0.118. The Morgan fingerprint density at radius 1 is 1.58 bits per heavy atom. The molecule has 1 aliphatic rings. The highest BCUT2D eigenvalue weighted by Gasteiger charge is 2.30. The van der Waals surface area contributed by atoms with Crippen molar-refractivity contribution in [1.29, 1.82) is 0 Å². The first-order chi connectivity index (χ1) is 5.72. The molecule has 0 spiro atoms. The lowest BCUT2D eigenvalue weighted by atomic mass is 9.91. The normalized spacial score (nSPS) is 29.3. The van der Waals surface area contributed by atoms with Crippen LogP contribution in [0.3, 0.4) is 0 Å². The molecule has 3 nitrogen and oxygen atoms in total. The van der Waals surface area contributed by atoms with E-state index in [9.17, 15) is 4.79 Å². The van der Waals surface area contributed by atoms with Crippen LogP contribution in [-0.2, 0) is 14.3 Å². The highest BCUT2D eigenvalue weighted by Crippen LogP contribution is 2.23. The molecule has 1 atom stereocenters. The van der Waals surface area contributed by atoms with Gasteiger partial charge in [-0.25, -0.2) is 0 Å². The number of rotatable bonds is 3. The lowest BCUT2D eigenvalue weighted by Crippen LogP contribution is -2.37. The second-order valence-corrected chi connectivity index (χ2v) is 3.00. The molecule has 0 aromatic carbocycles. The SMILES string of the molecule is COCC1(OC)C=CC(=O)CC1. The van der Waals surface area contributed by atoms with Gasteiger partial charge in [-0.2, -0.15) is 0 Å². The number of methoxy groups -OCH3 is 2. The van der Waals surface area contributed by atoms with Gasteiger partial charge in [0.25, 0.3) is 0 Å². The van der Waals surface area contributed by atoms with Crippen molar-refractivity contribution in [2.24, 2.45) is 0 Å². The molecule has 3 heteroatoms. The van der Waals surface area contributed by atoms with Gasteiger partial charge < -0.3 is 9.47 Å². The maximum absolute atomic E-state index is 10.9. The van der Waals surface area contributed by atoms with Crippen molar-refractivity contribution in [1.82, 2.24) is 0 Å². The number of allylic oxidation sites excluding steroid dienone is 1. The Morgan fingerprint density at radius 2 is 2.33 bits per heavy atom. The van der Waals surface area contributed by atoms with Crippen molar-refractivity contribution in [2.45, 2.75) is 18.4 Å². The maximum Gasteiger partial charge on any atom is 0.155 e. The Labute approximate surface area is 72.4 Å². The molecular formula is C9H14O3. The van der Waals surface area contributed by atoms with Crippen molar-refractivity contribution < 1.29 is 14.3 Å². The van der Waals surface area contributed by atoms with Crippen molar-refractivity contribution in [3.05, 3.63) is 12.2 Å². The molecule has 0 N–H and O–H groups in total. The fourth-order valence-electron chi connectivity index (χ4n) is 1.34. The molecule has 68 valence electrons. The van der Waals surface area contributed by atoms with E-state index in [1.54, 1.807) is 26.4 Å². The first-order valence-corrected chi connectivity index (χ1v) is 3.98. The van der Waals surface area contributed by atoms with Gasteiger partial charge in [0.15, 0.2) is 5.78 Å². The molecule has 1 rings (SSSR count). The van der Waals surface area contributed by atoms with Gasteiger partial charge in [-0.05, 0) is 18.6 Å². The second kappa shape index (κ2) is 3.83. The molecule has 12 heavy (non-hydrogen) atoms. The maximum atomic E-state index is 10.9. The Hall–Kier alpha value is -0.670. The summed E-state index contributed by atoms with van der Waals surface area (Å²) in [6.07, 6.45) is 4.63. The Kier molecular flexibility index (Phi) is 3.00. The molecule has 0 aromatic rings. The van der Waals surface area contributed by atoms with Gasteiger partial charge >= 0.3 is 0 Å². The number of hydrogen-bond donors (Lipinski definition) is 0. The van der Waals surface area contributed by atoms with Crippen LogP contribution in [0, 0.1) is 0 Å². The smallest absolute Gasteiger partial charge is 0.155 e. The average Bonchev–Trinajstić information content (AvgIpc) is 2.10. The van der Waals surface area contributed by atoms with Gasteiger partial charge in [0.2, 0.25) is 0 Å². The molecule has 0 fully saturated rings. The monoisotopic (exact) mass is 170 g/mol. The van der Waals surface area contributed by atoms with Gasteiger partial charge in [0.05, 0.1) is 6.61 Å². The van der Waals surface area contributed by atoms with Crippen LogP contribution in [0.1, 0.15) is 12.8 Å². The van der Waals surface area contributed by atoms with Gasteiger partial charge in [0, 0.05) is 20.6 Å². The highest BCUT2D eigenvalue weighted by molar-refractivity contribution is 5.90. The summed E-state index contributed by atoms with van der Waals surface area (Å²) >= 11 is 0. The van der Waals surface area contributed by atoms with E-state index < -0.39 is 0 Å². The van der Waals surface area contributed by atoms with Crippen molar-refractivity contribution in [2.75, 3.05) is 20.8 Å². The first kappa shape index (κ1) is 9.42. The highest BCUT2D eigenvalue weighted by atomic mass is 16.5. The lowest BCUT2D eigenvalue weighted by Gasteiger charge is -2.30. The molecule has 0 heterocycles. The summed E-state index contributed by atoms with van der Waals surface area (Å²) in [5.41, 5.74) is -0.372. The van der Waals surface area contributed by atoms with E-state index in [4.69, 9.17) is 9.47 Å². The number of carbonyl (C=O) groups is 1. The van der Waals surface area contributed by atoms with Crippen LogP contribution in [0.15, 0.2) is 12.2 Å². The minimum Gasteiger partial charge on any atom is -0.381 e. The quantitative estimate of drug-likeness (QED) is 0.632. The van der Waals surface area contributed by atoms with Gasteiger partial charge in [-0.3, -0.25) is 4.79 Å². The van der Waals surface area contributed by atoms with E-state index in [0.717, 1.165) is 0 Å². The Balaban J connectivity index is 2.68. The summed E-state index contributed by atoms with van der Waals surface area (Å²) in [5, 5.41) is 0. The summed E-state index contributed by atoms with van der Waals surface area (Å²) < 4.78 is 10.3. The molecule has 1 aliphatic carbocycles. The van der Waals surface area contributed by atoms with Crippen LogP contribution in [-0.4, -0.2) is 32.2 Å². The first-order valence-electron chi connectivity index (χ1n) is 3.98. The summed E-state index contributed by atoms with van der Waals surface area (Å²) in [6, 6.07) is 0. The van der Waals surface area contributed by atoms with Gasteiger partial charge in [-0.1, -0.05) is 0 Å². The average molecular weight is 170 g/mol. The van der Waals surface area contributed by atoms with Crippen LogP contribution >= 0.6 is 0 Å². The third-order valence-electron chi connectivity index (χ3n) is 2.16. The Morgan fingerprint density at radius 3 is 2.75 bits per heavy atom. The summed E-state index contributed by atoms with van der Waals surface area (Å²) in [4.78, 5) is 10.9. The molecule has 0 saturated heterocycles. The van der Waals surface area contributed by atoms with E-state index in [1.165, 1.54) is 0 Å². The number of ketones is 1. The van der Waals surface area contributed by atoms with Crippen LogP contribution in [0.5, 0.6) is 0 Å². The number of hydrogen-bond acceptors (Lipinski definition) is 3. The second-order valence-electron chi connectivity index (χ2n) is 3.00. The van der Waals surface area contributed by atoms with Gasteiger partial charge in [-0.15, -0.1) is 0 Å². The van der Waals surface area contributed by atoms with E-state index >= 15 is 0 Å². The van der Waals surface area contributed by atoms with E-state index in [-0.39, 0.29) is 11.4 Å². The van der Waals surface area contributed by atoms with Crippen LogP contribution in [0.2, 0.25) is 0 Å².